The summed E-state index contributed by atoms with van der Waals surface area (Å²) in [4.78, 5) is 8.73. The first-order valence-corrected chi connectivity index (χ1v) is 7.97. The smallest absolute Gasteiger partial charge is 0.119 e. The fraction of sp³-hybridized carbons (Fsp3) is 0.100. The van der Waals surface area contributed by atoms with Crippen LogP contribution >= 0.6 is 0 Å². The number of benzene rings is 2. The van der Waals surface area contributed by atoms with Crippen molar-refractivity contribution in [2.45, 2.75) is 0 Å². The van der Waals surface area contributed by atoms with Gasteiger partial charge in [0, 0.05) is 0 Å². The van der Waals surface area contributed by atoms with Crippen LogP contribution in [-0.2, 0) is 0 Å². The molecule has 3 aromatic rings. The maximum Gasteiger partial charge on any atom is 0.119 e. The number of aromatic nitrogens is 2. The number of rotatable bonds is 6. The Morgan fingerprint density at radius 2 is 1.00 bits per heavy atom. The van der Waals surface area contributed by atoms with E-state index in [1.807, 2.05) is 60.7 Å². The van der Waals surface area contributed by atoms with E-state index in [9.17, 15) is 0 Å². The van der Waals surface area contributed by atoms with Crippen LogP contribution in [0, 0.1) is 0 Å². The van der Waals surface area contributed by atoms with E-state index in [2.05, 4.69) is 20.2 Å². The molecule has 0 spiro atoms. The lowest BCUT2D eigenvalue weighted by atomic mass is 10.3. The van der Waals surface area contributed by atoms with Gasteiger partial charge in [0.15, 0.2) is 0 Å². The standard InChI is InChI=1S/C20H18N4O2/c1-25-19-9-5-15(6-10-19)21-13-17-3-4-18(24-23-17)14-22-16-7-11-20(26-2)12-8-16/h3-14H,1-2H3. The molecule has 0 saturated heterocycles. The molecule has 0 aliphatic heterocycles. The average Bonchev–Trinajstić information content (AvgIpc) is 2.72. The molecule has 130 valence electrons. The van der Waals surface area contributed by atoms with Crippen molar-refractivity contribution < 1.29 is 9.47 Å². The number of hydrogen-bond acceptors (Lipinski definition) is 6. The van der Waals surface area contributed by atoms with Crippen LogP contribution in [0.25, 0.3) is 0 Å². The second-order valence-corrected chi connectivity index (χ2v) is 5.30. The molecule has 0 radical (unpaired) electrons. The molecule has 0 bridgehead atoms. The normalized spacial score (nSPS) is 11.2. The number of methoxy groups -OCH3 is 2. The van der Waals surface area contributed by atoms with Gasteiger partial charge in [-0.25, -0.2) is 0 Å². The summed E-state index contributed by atoms with van der Waals surface area (Å²) >= 11 is 0. The van der Waals surface area contributed by atoms with Crippen LogP contribution in [0.15, 0.2) is 70.6 Å². The van der Waals surface area contributed by atoms with Crippen molar-refractivity contribution in [2.24, 2.45) is 9.98 Å². The Labute approximate surface area is 151 Å². The van der Waals surface area contributed by atoms with Gasteiger partial charge in [0.2, 0.25) is 0 Å². The molecule has 0 saturated carbocycles. The molecule has 0 N–H and O–H groups in total. The summed E-state index contributed by atoms with van der Waals surface area (Å²) in [5.41, 5.74) is 2.97. The summed E-state index contributed by atoms with van der Waals surface area (Å²) in [7, 11) is 3.26. The van der Waals surface area contributed by atoms with E-state index < -0.39 is 0 Å². The van der Waals surface area contributed by atoms with Crippen molar-refractivity contribution >= 4 is 23.8 Å². The Bertz CT molecular complexity index is 810. The van der Waals surface area contributed by atoms with Crippen molar-refractivity contribution in [3.05, 3.63) is 72.1 Å². The minimum absolute atomic E-state index is 0.669. The zero-order valence-corrected chi connectivity index (χ0v) is 14.5. The van der Waals surface area contributed by atoms with Gasteiger partial charge in [-0.15, -0.1) is 10.2 Å². The molecule has 6 heteroatoms. The van der Waals surface area contributed by atoms with Gasteiger partial charge in [0.25, 0.3) is 0 Å². The topological polar surface area (TPSA) is 69.0 Å². The fourth-order valence-electron chi connectivity index (χ4n) is 2.11. The van der Waals surface area contributed by atoms with Crippen LogP contribution in [0.4, 0.5) is 11.4 Å². The highest BCUT2D eigenvalue weighted by atomic mass is 16.5. The van der Waals surface area contributed by atoms with Crippen LogP contribution in [-0.4, -0.2) is 36.8 Å². The first kappa shape index (κ1) is 17.3. The van der Waals surface area contributed by atoms with E-state index in [4.69, 9.17) is 9.47 Å². The van der Waals surface area contributed by atoms with Crippen molar-refractivity contribution in [1.82, 2.24) is 10.2 Å². The molecule has 0 atom stereocenters. The van der Waals surface area contributed by atoms with Gasteiger partial charge in [-0.2, -0.15) is 0 Å². The third-order valence-electron chi connectivity index (χ3n) is 3.54. The third-order valence-corrected chi connectivity index (χ3v) is 3.54. The predicted molar refractivity (Wildman–Crippen MR) is 103 cm³/mol. The number of aliphatic imine (C=N–C) groups is 2. The van der Waals surface area contributed by atoms with Gasteiger partial charge in [-0.1, -0.05) is 0 Å². The number of hydrogen-bond donors (Lipinski definition) is 0. The minimum Gasteiger partial charge on any atom is -0.497 e. The summed E-state index contributed by atoms with van der Waals surface area (Å²) in [5, 5.41) is 8.26. The summed E-state index contributed by atoms with van der Waals surface area (Å²) in [6, 6.07) is 18.6. The van der Waals surface area contributed by atoms with Crippen LogP contribution in [0.2, 0.25) is 0 Å². The van der Waals surface area contributed by atoms with Gasteiger partial charge in [0.05, 0.1) is 38.0 Å². The van der Waals surface area contributed by atoms with Crippen LogP contribution in [0.5, 0.6) is 11.5 Å². The quantitative estimate of drug-likeness (QED) is 0.633. The molecule has 0 aliphatic carbocycles. The minimum atomic E-state index is 0.669. The highest BCUT2D eigenvalue weighted by Gasteiger charge is 1.96. The van der Waals surface area contributed by atoms with Crippen molar-refractivity contribution in [2.75, 3.05) is 14.2 Å². The van der Waals surface area contributed by atoms with Crippen molar-refractivity contribution in [1.29, 1.82) is 0 Å². The van der Waals surface area contributed by atoms with Gasteiger partial charge in [-0.3, -0.25) is 9.98 Å². The molecule has 3 rings (SSSR count). The zero-order valence-electron chi connectivity index (χ0n) is 14.5. The van der Waals surface area contributed by atoms with E-state index in [1.165, 1.54) is 0 Å². The lowest BCUT2D eigenvalue weighted by molar-refractivity contribution is 0.415. The van der Waals surface area contributed by atoms with Crippen LogP contribution in [0.3, 0.4) is 0 Å². The monoisotopic (exact) mass is 346 g/mol. The Morgan fingerprint density at radius 1 is 0.615 bits per heavy atom. The van der Waals surface area contributed by atoms with E-state index in [1.54, 1.807) is 26.6 Å². The zero-order chi connectivity index (χ0) is 18.2. The summed E-state index contributed by atoms with van der Waals surface area (Å²) in [5.74, 6) is 1.59. The predicted octanol–water partition coefficient (Wildman–Crippen LogP) is 4.00. The SMILES string of the molecule is COc1ccc(N=Cc2ccc(C=Nc3ccc(OC)cc3)nn2)cc1. The van der Waals surface area contributed by atoms with E-state index in [-0.39, 0.29) is 0 Å². The molecule has 0 unspecified atom stereocenters. The van der Waals surface area contributed by atoms with Crippen LogP contribution < -0.4 is 9.47 Å². The molecule has 1 heterocycles. The Kier molecular flexibility index (Phi) is 5.67. The second-order valence-electron chi connectivity index (χ2n) is 5.30. The molecule has 0 amide bonds. The lowest BCUT2D eigenvalue weighted by Gasteiger charge is -1.99. The van der Waals surface area contributed by atoms with E-state index in [0.717, 1.165) is 22.9 Å². The molecule has 0 fully saturated rings. The van der Waals surface area contributed by atoms with Gasteiger partial charge < -0.3 is 9.47 Å². The average molecular weight is 346 g/mol. The molecule has 1 aromatic heterocycles. The van der Waals surface area contributed by atoms with Gasteiger partial charge >= 0.3 is 0 Å². The third kappa shape index (κ3) is 4.73. The van der Waals surface area contributed by atoms with E-state index in [0.29, 0.717) is 11.4 Å². The summed E-state index contributed by atoms with van der Waals surface area (Å²) < 4.78 is 10.2. The maximum atomic E-state index is 5.12. The summed E-state index contributed by atoms with van der Waals surface area (Å²) in [6.45, 7) is 0. The second kappa shape index (κ2) is 8.53. The molecule has 26 heavy (non-hydrogen) atoms. The lowest BCUT2D eigenvalue weighted by Crippen LogP contribution is -1.95. The largest absolute Gasteiger partial charge is 0.497 e. The van der Waals surface area contributed by atoms with Crippen molar-refractivity contribution in [3.63, 3.8) is 0 Å². The first-order valence-electron chi connectivity index (χ1n) is 7.97. The van der Waals surface area contributed by atoms with Gasteiger partial charge in [0.1, 0.15) is 22.9 Å². The van der Waals surface area contributed by atoms with Crippen molar-refractivity contribution in [3.8, 4) is 11.5 Å². The van der Waals surface area contributed by atoms with Crippen LogP contribution in [0.1, 0.15) is 11.4 Å². The molecule has 0 aliphatic rings. The number of nitrogens with zero attached hydrogens (tertiary/aromatic N) is 4. The highest BCUT2D eigenvalue weighted by molar-refractivity contribution is 5.82. The molecule has 6 nitrogen and oxygen atoms in total. The Balaban J connectivity index is 1.63. The Morgan fingerprint density at radius 3 is 1.31 bits per heavy atom. The van der Waals surface area contributed by atoms with Gasteiger partial charge in [-0.05, 0) is 60.7 Å². The fourth-order valence-corrected chi connectivity index (χ4v) is 2.11. The highest BCUT2D eigenvalue weighted by Crippen LogP contribution is 2.18. The maximum absolute atomic E-state index is 5.12. The molecule has 2 aromatic carbocycles. The Hall–Kier alpha value is -3.54. The molecular formula is C20H18N4O2. The first-order chi connectivity index (χ1) is 12.8. The number of ether oxygens (including phenoxy) is 2. The summed E-state index contributed by atoms with van der Waals surface area (Å²) in [6.07, 6.45) is 3.33. The van der Waals surface area contributed by atoms with E-state index >= 15 is 0 Å². The molecular weight excluding hydrogens is 328 g/mol.